The normalized spacial score (nSPS) is 9.83. The van der Waals surface area contributed by atoms with Gasteiger partial charge in [0.05, 0.1) is 0 Å². The van der Waals surface area contributed by atoms with Crippen LogP contribution < -0.4 is 4.74 Å². The van der Waals surface area contributed by atoms with E-state index in [4.69, 9.17) is 10.00 Å². The van der Waals surface area contributed by atoms with Gasteiger partial charge in [-0.1, -0.05) is 0 Å². The molecule has 0 N–H and O–H groups in total. The fourth-order valence-corrected chi connectivity index (χ4v) is 1.56. The van der Waals surface area contributed by atoms with Crippen LogP contribution in [0, 0.1) is 24.1 Å². The van der Waals surface area contributed by atoms with Crippen LogP contribution >= 0.6 is 0 Å². The molecule has 1 aromatic heterocycles. The van der Waals surface area contributed by atoms with Crippen LogP contribution in [0.2, 0.25) is 0 Å². The second-order valence-electron chi connectivity index (χ2n) is 3.86. The highest BCUT2D eigenvalue weighted by Crippen LogP contribution is 2.19. The zero-order chi connectivity index (χ0) is 13.0. The van der Waals surface area contributed by atoms with Crippen molar-refractivity contribution in [1.29, 1.82) is 5.26 Å². The van der Waals surface area contributed by atoms with E-state index in [9.17, 15) is 4.39 Å². The Kier molecular flexibility index (Phi) is 3.54. The van der Waals surface area contributed by atoms with Gasteiger partial charge >= 0.3 is 0 Å². The van der Waals surface area contributed by atoms with Crippen LogP contribution in [-0.4, -0.2) is 4.98 Å². The minimum Gasteiger partial charge on any atom is -0.489 e. The molecule has 0 amide bonds. The molecule has 0 aliphatic heterocycles. The maximum Gasteiger partial charge on any atom is 0.140 e. The summed E-state index contributed by atoms with van der Waals surface area (Å²) >= 11 is 0. The lowest BCUT2D eigenvalue weighted by atomic mass is 10.2. The molecule has 1 heterocycles. The smallest absolute Gasteiger partial charge is 0.140 e. The van der Waals surface area contributed by atoms with E-state index in [-0.39, 0.29) is 5.82 Å². The molecule has 0 atom stereocenters. The summed E-state index contributed by atoms with van der Waals surface area (Å²) in [6, 6.07) is 9.78. The quantitative estimate of drug-likeness (QED) is 0.831. The highest BCUT2D eigenvalue weighted by molar-refractivity contribution is 5.33. The highest BCUT2D eigenvalue weighted by atomic mass is 19.1. The summed E-state index contributed by atoms with van der Waals surface area (Å²) in [5, 5.41) is 8.73. The van der Waals surface area contributed by atoms with Gasteiger partial charge in [-0.15, -0.1) is 0 Å². The van der Waals surface area contributed by atoms with Crippen molar-refractivity contribution in [3.05, 3.63) is 59.2 Å². The standard InChI is InChI=1S/C14H11FN2O/c1-10-6-12(15)2-3-14(10)18-9-11-4-5-17-13(7-11)8-16/h2-7H,9H2,1H3. The maximum absolute atomic E-state index is 12.9. The molecule has 3 nitrogen and oxygen atoms in total. The van der Waals surface area contributed by atoms with Crippen molar-refractivity contribution in [2.75, 3.05) is 0 Å². The second-order valence-corrected chi connectivity index (χ2v) is 3.86. The molecule has 0 saturated heterocycles. The average Bonchev–Trinajstić information content (AvgIpc) is 2.38. The van der Waals surface area contributed by atoms with Gasteiger partial charge in [0, 0.05) is 6.20 Å². The Hall–Kier alpha value is -2.41. The maximum atomic E-state index is 12.9. The second kappa shape index (κ2) is 5.28. The zero-order valence-electron chi connectivity index (χ0n) is 9.85. The molecule has 0 spiro atoms. The molecule has 0 bridgehead atoms. The van der Waals surface area contributed by atoms with E-state index in [0.29, 0.717) is 18.1 Å². The van der Waals surface area contributed by atoms with E-state index in [1.54, 1.807) is 31.3 Å². The third-order valence-electron chi connectivity index (χ3n) is 2.47. The van der Waals surface area contributed by atoms with E-state index in [0.717, 1.165) is 11.1 Å². The fraction of sp³-hybridized carbons (Fsp3) is 0.143. The van der Waals surface area contributed by atoms with Gasteiger partial charge in [-0.25, -0.2) is 9.37 Å². The van der Waals surface area contributed by atoms with E-state index in [1.807, 2.05) is 6.07 Å². The monoisotopic (exact) mass is 242 g/mol. The predicted molar refractivity (Wildman–Crippen MR) is 64.4 cm³/mol. The Morgan fingerprint density at radius 1 is 1.33 bits per heavy atom. The van der Waals surface area contributed by atoms with Gasteiger partial charge in [-0.05, 0) is 48.4 Å². The van der Waals surface area contributed by atoms with Crippen LogP contribution in [0.4, 0.5) is 4.39 Å². The van der Waals surface area contributed by atoms with E-state index < -0.39 is 0 Å². The Morgan fingerprint density at radius 3 is 2.89 bits per heavy atom. The molecule has 0 radical (unpaired) electrons. The number of nitriles is 1. The molecule has 4 heteroatoms. The molecular formula is C14H11FN2O. The van der Waals surface area contributed by atoms with Gasteiger partial charge in [-0.2, -0.15) is 5.26 Å². The number of rotatable bonds is 3. The first-order valence-electron chi connectivity index (χ1n) is 5.43. The molecule has 1 aromatic carbocycles. The van der Waals surface area contributed by atoms with E-state index in [1.165, 1.54) is 12.1 Å². The molecule has 0 aliphatic rings. The number of halogens is 1. The Balaban J connectivity index is 2.09. The molecule has 0 fully saturated rings. The van der Waals surface area contributed by atoms with Crippen molar-refractivity contribution in [3.8, 4) is 11.8 Å². The van der Waals surface area contributed by atoms with Gasteiger partial charge in [0.2, 0.25) is 0 Å². The van der Waals surface area contributed by atoms with Crippen molar-refractivity contribution in [2.24, 2.45) is 0 Å². The summed E-state index contributed by atoms with van der Waals surface area (Å²) < 4.78 is 18.5. The molecular weight excluding hydrogens is 231 g/mol. The summed E-state index contributed by atoms with van der Waals surface area (Å²) in [6.07, 6.45) is 1.56. The average molecular weight is 242 g/mol. The van der Waals surface area contributed by atoms with Gasteiger partial charge < -0.3 is 4.74 Å². The predicted octanol–water partition coefficient (Wildman–Crippen LogP) is 2.98. The first kappa shape index (κ1) is 12.1. The Bertz CT molecular complexity index is 605. The number of benzene rings is 1. The first-order chi connectivity index (χ1) is 8.69. The van der Waals surface area contributed by atoms with Crippen molar-refractivity contribution < 1.29 is 9.13 Å². The van der Waals surface area contributed by atoms with Crippen LogP contribution in [-0.2, 0) is 6.61 Å². The highest BCUT2D eigenvalue weighted by Gasteiger charge is 2.02. The number of hydrogen-bond acceptors (Lipinski definition) is 3. The molecule has 18 heavy (non-hydrogen) atoms. The van der Waals surface area contributed by atoms with Crippen molar-refractivity contribution in [2.45, 2.75) is 13.5 Å². The molecule has 2 rings (SSSR count). The van der Waals surface area contributed by atoms with Crippen LogP contribution in [0.3, 0.4) is 0 Å². The number of aryl methyl sites for hydroxylation is 1. The lowest BCUT2D eigenvalue weighted by Crippen LogP contribution is -1.98. The molecule has 90 valence electrons. The Labute approximate surface area is 104 Å². The third-order valence-corrected chi connectivity index (χ3v) is 2.47. The van der Waals surface area contributed by atoms with Crippen LogP contribution in [0.25, 0.3) is 0 Å². The third kappa shape index (κ3) is 2.83. The fourth-order valence-electron chi connectivity index (χ4n) is 1.56. The number of hydrogen-bond donors (Lipinski definition) is 0. The van der Waals surface area contributed by atoms with Crippen LogP contribution in [0.5, 0.6) is 5.75 Å². The van der Waals surface area contributed by atoms with Gasteiger partial charge in [0.25, 0.3) is 0 Å². The van der Waals surface area contributed by atoms with Gasteiger partial charge in [-0.3, -0.25) is 0 Å². The zero-order valence-corrected chi connectivity index (χ0v) is 9.85. The molecule has 0 unspecified atom stereocenters. The molecule has 0 aliphatic carbocycles. The summed E-state index contributed by atoms with van der Waals surface area (Å²) in [5.74, 6) is 0.349. The van der Waals surface area contributed by atoms with Crippen molar-refractivity contribution in [3.63, 3.8) is 0 Å². The minimum atomic E-state index is -0.282. The van der Waals surface area contributed by atoms with Crippen molar-refractivity contribution in [1.82, 2.24) is 4.98 Å². The Morgan fingerprint density at radius 2 is 2.17 bits per heavy atom. The van der Waals surface area contributed by atoms with E-state index >= 15 is 0 Å². The lowest BCUT2D eigenvalue weighted by molar-refractivity contribution is 0.303. The molecule has 2 aromatic rings. The molecule has 0 saturated carbocycles. The lowest BCUT2D eigenvalue weighted by Gasteiger charge is -2.09. The largest absolute Gasteiger partial charge is 0.489 e. The number of pyridine rings is 1. The minimum absolute atomic E-state index is 0.282. The van der Waals surface area contributed by atoms with Crippen molar-refractivity contribution >= 4 is 0 Å². The van der Waals surface area contributed by atoms with Gasteiger partial charge in [0.1, 0.15) is 29.9 Å². The van der Waals surface area contributed by atoms with E-state index in [2.05, 4.69) is 4.98 Å². The van der Waals surface area contributed by atoms with Crippen LogP contribution in [0.15, 0.2) is 36.5 Å². The SMILES string of the molecule is Cc1cc(F)ccc1OCc1ccnc(C#N)c1. The summed E-state index contributed by atoms with van der Waals surface area (Å²) in [4.78, 5) is 3.88. The summed E-state index contributed by atoms with van der Waals surface area (Å²) in [6.45, 7) is 2.11. The number of ether oxygens (including phenoxy) is 1. The van der Waals surface area contributed by atoms with Crippen LogP contribution in [0.1, 0.15) is 16.8 Å². The van der Waals surface area contributed by atoms with Gasteiger partial charge in [0.15, 0.2) is 0 Å². The topological polar surface area (TPSA) is 45.9 Å². The summed E-state index contributed by atoms with van der Waals surface area (Å²) in [5.41, 5.74) is 1.95. The number of nitrogens with zero attached hydrogens (tertiary/aromatic N) is 2. The summed E-state index contributed by atoms with van der Waals surface area (Å²) in [7, 11) is 0. The number of aromatic nitrogens is 1. The first-order valence-corrected chi connectivity index (χ1v) is 5.43.